The molecule has 7 nitrogen and oxygen atoms in total. The predicted octanol–water partition coefficient (Wildman–Crippen LogP) is 4.56. The van der Waals surface area contributed by atoms with Gasteiger partial charge in [0.25, 0.3) is 11.8 Å². The summed E-state index contributed by atoms with van der Waals surface area (Å²) in [5, 5.41) is 2.22. The Labute approximate surface area is 197 Å². The van der Waals surface area contributed by atoms with Crippen molar-refractivity contribution in [1.82, 2.24) is 5.32 Å². The third kappa shape index (κ3) is 4.68. The van der Waals surface area contributed by atoms with Crippen LogP contribution in [0.1, 0.15) is 22.3 Å². The van der Waals surface area contributed by atoms with E-state index in [1.54, 1.807) is 48.5 Å². The molecule has 0 saturated carbocycles. The number of anilines is 1. The molecule has 1 N–H and O–H groups in total. The number of aryl methyl sites for hydroxylation is 2. The smallest absolute Gasteiger partial charge is 0.335 e. The molecule has 34 heavy (non-hydrogen) atoms. The number of rotatable bonds is 6. The maximum absolute atomic E-state index is 13.0. The molecule has 3 aromatic rings. The molecule has 3 aromatic carbocycles. The number of ether oxygens (including phenoxy) is 2. The summed E-state index contributed by atoms with van der Waals surface area (Å²) >= 11 is 0. The van der Waals surface area contributed by atoms with E-state index in [9.17, 15) is 14.4 Å². The van der Waals surface area contributed by atoms with Crippen LogP contribution in [0, 0.1) is 13.8 Å². The molecule has 0 unspecified atom stereocenters. The molecule has 0 radical (unpaired) electrons. The minimum atomic E-state index is -0.786. The third-order valence-corrected chi connectivity index (χ3v) is 5.58. The van der Waals surface area contributed by atoms with Gasteiger partial charge in [0.15, 0.2) is 11.5 Å². The zero-order chi connectivity index (χ0) is 24.2. The van der Waals surface area contributed by atoms with E-state index in [0.29, 0.717) is 29.4 Å². The maximum Gasteiger partial charge on any atom is 0.335 e. The monoisotopic (exact) mass is 456 g/mol. The molecule has 1 saturated heterocycles. The first-order chi connectivity index (χ1) is 16.4. The molecule has 0 spiro atoms. The van der Waals surface area contributed by atoms with Crippen molar-refractivity contribution in [3.63, 3.8) is 0 Å². The molecule has 0 bridgehead atoms. The fourth-order valence-corrected chi connectivity index (χ4v) is 3.58. The van der Waals surface area contributed by atoms with Crippen molar-refractivity contribution < 1.29 is 23.9 Å². The van der Waals surface area contributed by atoms with Crippen LogP contribution in [0.15, 0.2) is 72.3 Å². The largest absolute Gasteiger partial charge is 0.493 e. The summed E-state index contributed by atoms with van der Waals surface area (Å²) in [7, 11) is 1.52. The molecule has 0 atom stereocenters. The predicted molar refractivity (Wildman–Crippen MR) is 129 cm³/mol. The van der Waals surface area contributed by atoms with Gasteiger partial charge in [-0.25, -0.2) is 9.69 Å². The zero-order valence-electron chi connectivity index (χ0n) is 19.1. The van der Waals surface area contributed by atoms with Crippen molar-refractivity contribution in [3.05, 3.63) is 94.6 Å². The quantitative estimate of drug-likeness (QED) is 0.434. The molecule has 1 heterocycles. The van der Waals surface area contributed by atoms with Crippen molar-refractivity contribution in [2.24, 2.45) is 0 Å². The van der Waals surface area contributed by atoms with Gasteiger partial charge in [-0.15, -0.1) is 0 Å². The average Bonchev–Trinajstić information content (AvgIpc) is 2.83. The lowest BCUT2D eigenvalue weighted by Crippen LogP contribution is -2.54. The Balaban J connectivity index is 1.58. The van der Waals surface area contributed by atoms with E-state index in [-0.39, 0.29) is 5.57 Å². The van der Waals surface area contributed by atoms with E-state index in [1.807, 2.05) is 6.07 Å². The Kier molecular flexibility index (Phi) is 6.45. The van der Waals surface area contributed by atoms with Crippen LogP contribution in [0.4, 0.5) is 10.5 Å². The highest BCUT2D eigenvalue weighted by molar-refractivity contribution is 6.39. The Bertz CT molecular complexity index is 1300. The van der Waals surface area contributed by atoms with Crippen LogP contribution in [0.25, 0.3) is 6.08 Å². The second-order valence-corrected chi connectivity index (χ2v) is 7.91. The average molecular weight is 456 g/mol. The van der Waals surface area contributed by atoms with Gasteiger partial charge in [0.1, 0.15) is 12.2 Å². The summed E-state index contributed by atoms with van der Waals surface area (Å²) in [6, 6.07) is 18.9. The first-order valence-corrected chi connectivity index (χ1v) is 10.7. The number of hydrogen-bond donors (Lipinski definition) is 1. The van der Waals surface area contributed by atoms with E-state index in [1.165, 1.54) is 24.3 Å². The Morgan fingerprint density at radius 1 is 0.882 bits per heavy atom. The van der Waals surface area contributed by atoms with E-state index in [4.69, 9.17) is 9.47 Å². The fraction of sp³-hybridized carbons (Fsp3) is 0.148. The van der Waals surface area contributed by atoms with Gasteiger partial charge in [0, 0.05) is 0 Å². The van der Waals surface area contributed by atoms with Crippen LogP contribution >= 0.6 is 0 Å². The molecule has 4 amide bonds. The standard InChI is InChI=1S/C27H24N2O5/c1-17-9-10-20(13-18(17)2)16-34-23-12-11-19(15-24(23)33-3)14-22-25(30)28-27(32)29(26(22)31)21-7-5-4-6-8-21/h4-15H,16H2,1-3H3,(H,28,30,32)/b22-14+. The summed E-state index contributed by atoms with van der Waals surface area (Å²) in [5.41, 5.74) is 4.20. The minimum absolute atomic E-state index is 0.158. The first kappa shape index (κ1) is 22.8. The van der Waals surface area contributed by atoms with Crippen LogP contribution in [-0.2, 0) is 16.2 Å². The highest BCUT2D eigenvalue weighted by Crippen LogP contribution is 2.30. The van der Waals surface area contributed by atoms with Gasteiger partial charge in [-0.3, -0.25) is 14.9 Å². The number of hydrogen-bond acceptors (Lipinski definition) is 5. The van der Waals surface area contributed by atoms with E-state index >= 15 is 0 Å². The van der Waals surface area contributed by atoms with Gasteiger partial charge in [0.2, 0.25) is 0 Å². The third-order valence-electron chi connectivity index (χ3n) is 5.58. The number of carbonyl (C=O) groups excluding carboxylic acids is 3. The Hall–Kier alpha value is -4.39. The Morgan fingerprint density at radius 2 is 1.65 bits per heavy atom. The van der Waals surface area contributed by atoms with E-state index < -0.39 is 17.8 Å². The topological polar surface area (TPSA) is 84.9 Å². The normalized spacial score (nSPS) is 14.9. The first-order valence-electron chi connectivity index (χ1n) is 10.7. The highest BCUT2D eigenvalue weighted by atomic mass is 16.5. The minimum Gasteiger partial charge on any atom is -0.493 e. The maximum atomic E-state index is 13.0. The van der Waals surface area contributed by atoms with Crippen LogP contribution in [0.3, 0.4) is 0 Å². The van der Waals surface area contributed by atoms with Crippen LogP contribution in [0.2, 0.25) is 0 Å². The molecule has 4 rings (SSSR count). The second kappa shape index (κ2) is 9.62. The van der Waals surface area contributed by atoms with Crippen molar-refractivity contribution in [2.45, 2.75) is 20.5 Å². The summed E-state index contributed by atoms with van der Waals surface area (Å²) < 4.78 is 11.4. The summed E-state index contributed by atoms with van der Waals surface area (Å²) in [6.07, 6.45) is 1.43. The van der Waals surface area contributed by atoms with Gasteiger partial charge >= 0.3 is 6.03 Å². The van der Waals surface area contributed by atoms with Gasteiger partial charge in [-0.2, -0.15) is 0 Å². The molecule has 0 aliphatic carbocycles. The number of nitrogens with zero attached hydrogens (tertiary/aromatic N) is 1. The van der Waals surface area contributed by atoms with Crippen LogP contribution in [0.5, 0.6) is 11.5 Å². The van der Waals surface area contributed by atoms with Crippen molar-refractivity contribution in [1.29, 1.82) is 0 Å². The van der Waals surface area contributed by atoms with Crippen molar-refractivity contribution in [2.75, 3.05) is 12.0 Å². The van der Waals surface area contributed by atoms with Crippen LogP contribution in [-0.4, -0.2) is 25.0 Å². The van der Waals surface area contributed by atoms with Crippen molar-refractivity contribution >= 4 is 29.6 Å². The highest BCUT2D eigenvalue weighted by Gasteiger charge is 2.36. The molecule has 0 aromatic heterocycles. The van der Waals surface area contributed by atoms with Gasteiger partial charge in [-0.1, -0.05) is 42.5 Å². The molecule has 1 fully saturated rings. The van der Waals surface area contributed by atoms with Gasteiger partial charge in [-0.05, 0) is 66.4 Å². The fourth-order valence-electron chi connectivity index (χ4n) is 3.58. The van der Waals surface area contributed by atoms with E-state index in [2.05, 4.69) is 31.3 Å². The number of carbonyl (C=O) groups is 3. The summed E-state index contributed by atoms with van der Waals surface area (Å²) in [4.78, 5) is 38.7. The summed E-state index contributed by atoms with van der Waals surface area (Å²) in [5.74, 6) is -0.466. The lowest BCUT2D eigenvalue weighted by Gasteiger charge is -2.26. The SMILES string of the molecule is COc1cc(/C=C2\C(=O)NC(=O)N(c3ccccc3)C2=O)ccc1OCc1ccc(C)c(C)c1. The molecular formula is C27H24N2O5. The van der Waals surface area contributed by atoms with Crippen LogP contribution < -0.4 is 19.7 Å². The number of barbiturate groups is 1. The second-order valence-electron chi connectivity index (χ2n) is 7.91. The molecule has 1 aliphatic heterocycles. The lowest BCUT2D eigenvalue weighted by molar-refractivity contribution is -0.122. The number of benzene rings is 3. The number of para-hydroxylation sites is 1. The zero-order valence-corrected chi connectivity index (χ0v) is 19.1. The molecule has 7 heteroatoms. The van der Waals surface area contributed by atoms with Gasteiger partial charge < -0.3 is 9.47 Å². The number of methoxy groups -OCH3 is 1. The number of urea groups is 1. The number of imide groups is 2. The molecular weight excluding hydrogens is 432 g/mol. The molecule has 172 valence electrons. The summed E-state index contributed by atoms with van der Waals surface area (Å²) in [6.45, 7) is 4.48. The van der Waals surface area contributed by atoms with Gasteiger partial charge in [0.05, 0.1) is 12.8 Å². The molecule has 1 aliphatic rings. The van der Waals surface area contributed by atoms with Crippen molar-refractivity contribution in [3.8, 4) is 11.5 Å². The number of nitrogens with one attached hydrogen (secondary N) is 1. The number of amides is 4. The lowest BCUT2D eigenvalue weighted by atomic mass is 10.1. The Morgan fingerprint density at radius 3 is 2.35 bits per heavy atom. The van der Waals surface area contributed by atoms with E-state index in [0.717, 1.165) is 10.5 Å².